The van der Waals surface area contributed by atoms with E-state index in [0.29, 0.717) is 18.7 Å². The fourth-order valence-corrected chi connectivity index (χ4v) is 2.05. The lowest BCUT2D eigenvalue weighted by Crippen LogP contribution is -2.36. The largest absolute Gasteiger partial charge is 0.378 e. The summed E-state index contributed by atoms with van der Waals surface area (Å²) in [6.07, 6.45) is 0.803. The first-order valence-corrected chi connectivity index (χ1v) is 6.72. The highest BCUT2D eigenvalue weighted by molar-refractivity contribution is 5.94. The molecule has 1 aromatic rings. The van der Waals surface area contributed by atoms with Crippen LogP contribution in [0.5, 0.6) is 0 Å². The Morgan fingerprint density at radius 3 is 2.58 bits per heavy atom. The number of ether oxygens (including phenoxy) is 1. The minimum Gasteiger partial charge on any atom is -0.378 e. The van der Waals surface area contributed by atoms with Crippen molar-refractivity contribution < 1.29 is 9.53 Å². The lowest BCUT2D eigenvalue weighted by molar-refractivity contribution is 0.0953. The molecule has 19 heavy (non-hydrogen) atoms. The maximum absolute atomic E-state index is 11.8. The first-order valence-electron chi connectivity index (χ1n) is 6.72. The molecule has 5 nitrogen and oxygen atoms in total. The SMILES string of the molecule is NCCCNC(=O)c1ccc(N2CCOCC2)cc1. The van der Waals surface area contributed by atoms with Gasteiger partial charge in [0.1, 0.15) is 0 Å². The molecule has 1 amide bonds. The van der Waals surface area contributed by atoms with Gasteiger partial charge in [-0.05, 0) is 37.2 Å². The Morgan fingerprint density at radius 1 is 1.26 bits per heavy atom. The van der Waals surface area contributed by atoms with E-state index in [0.717, 1.165) is 38.4 Å². The van der Waals surface area contributed by atoms with Crippen LogP contribution in [0.4, 0.5) is 5.69 Å². The molecule has 1 heterocycles. The molecular weight excluding hydrogens is 242 g/mol. The molecule has 104 valence electrons. The number of hydrogen-bond donors (Lipinski definition) is 2. The molecule has 3 N–H and O–H groups in total. The van der Waals surface area contributed by atoms with Crippen LogP contribution in [-0.2, 0) is 4.74 Å². The fourth-order valence-electron chi connectivity index (χ4n) is 2.05. The summed E-state index contributed by atoms with van der Waals surface area (Å²) >= 11 is 0. The van der Waals surface area contributed by atoms with E-state index in [-0.39, 0.29) is 5.91 Å². The maximum atomic E-state index is 11.8. The zero-order chi connectivity index (χ0) is 13.5. The van der Waals surface area contributed by atoms with E-state index < -0.39 is 0 Å². The minimum atomic E-state index is -0.0398. The number of amides is 1. The highest BCUT2D eigenvalue weighted by Crippen LogP contribution is 2.16. The lowest BCUT2D eigenvalue weighted by Gasteiger charge is -2.28. The molecular formula is C14H21N3O2. The first-order chi connectivity index (χ1) is 9.31. The smallest absolute Gasteiger partial charge is 0.251 e. The second-order valence-corrected chi connectivity index (χ2v) is 4.54. The second-order valence-electron chi connectivity index (χ2n) is 4.54. The molecule has 1 aliphatic rings. The predicted molar refractivity (Wildman–Crippen MR) is 75.5 cm³/mol. The highest BCUT2D eigenvalue weighted by Gasteiger charge is 2.11. The summed E-state index contributed by atoms with van der Waals surface area (Å²) < 4.78 is 5.32. The van der Waals surface area contributed by atoms with E-state index in [2.05, 4.69) is 10.2 Å². The molecule has 0 bridgehead atoms. The van der Waals surface area contributed by atoms with E-state index in [9.17, 15) is 4.79 Å². The first kappa shape index (κ1) is 13.8. The fraction of sp³-hybridized carbons (Fsp3) is 0.500. The quantitative estimate of drug-likeness (QED) is 0.764. The average Bonchev–Trinajstić information content (AvgIpc) is 2.48. The molecule has 0 aromatic heterocycles. The molecule has 0 atom stereocenters. The van der Waals surface area contributed by atoms with Crippen LogP contribution >= 0.6 is 0 Å². The van der Waals surface area contributed by atoms with Crippen molar-refractivity contribution in [3.05, 3.63) is 29.8 Å². The van der Waals surface area contributed by atoms with Crippen molar-refractivity contribution >= 4 is 11.6 Å². The second kappa shape index (κ2) is 7.11. The molecule has 0 saturated carbocycles. The van der Waals surface area contributed by atoms with Gasteiger partial charge in [0.2, 0.25) is 0 Å². The number of nitrogens with one attached hydrogen (secondary N) is 1. The number of carbonyl (C=O) groups is 1. The molecule has 0 radical (unpaired) electrons. The monoisotopic (exact) mass is 263 g/mol. The van der Waals surface area contributed by atoms with Crippen LogP contribution in [0.25, 0.3) is 0 Å². The van der Waals surface area contributed by atoms with Gasteiger partial charge in [-0.2, -0.15) is 0 Å². The summed E-state index contributed by atoms with van der Waals surface area (Å²) in [7, 11) is 0. The zero-order valence-electron chi connectivity index (χ0n) is 11.1. The predicted octanol–water partition coefficient (Wildman–Crippen LogP) is 0.602. The van der Waals surface area contributed by atoms with E-state index >= 15 is 0 Å². The van der Waals surface area contributed by atoms with Crippen LogP contribution in [0.2, 0.25) is 0 Å². The molecule has 1 aliphatic heterocycles. The Kier molecular flexibility index (Phi) is 5.18. The molecule has 1 fully saturated rings. The van der Waals surface area contributed by atoms with Crippen molar-refractivity contribution in [3.63, 3.8) is 0 Å². The summed E-state index contributed by atoms with van der Waals surface area (Å²) in [5.41, 5.74) is 7.22. The van der Waals surface area contributed by atoms with Gasteiger partial charge < -0.3 is 20.7 Å². The van der Waals surface area contributed by atoms with Crippen molar-refractivity contribution in [2.75, 3.05) is 44.3 Å². The number of rotatable bonds is 5. The Balaban J connectivity index is 1.91. The van der Waals surface area contributed by atoms with Gasteiger partial charge in [0.15, 0.2) is 0 Å². The normalized spacial score (nSPS) is 15.3. The number of nitrogens with zero attached hydrogens (tertiary/aromatic N) is 1. The Bertz CT molecular complexity index is 400. The highest BCUT2D eigenvalue weighted by atomic mass is 16.5. The van der Waals surface area contributed by atoms with Crippen molar-refractivity contribution in [1.29, 1.82) is 0 Å². The molecule has 0 aliphatic carbocycles. The number of carbonyl (C=O) groups excluding carboxylic acids is 1. The van der Waals surface area contributed by atoms with Crippen molar-refractivity contribution in [3.8, 4) is 0 Å². The Morgan fingerprint density at radius 2 is 1.95 bits per heavy atom. The van der Waals surface area contributed by atoms with Gasteiger partial charge in [-0.15, -0.1) is 0 Å². The summed E-state index contributed by atoms with van der Waals surface area (Å²) in [6, 6.07) is 7.71. The van der Waals surface area contributed by atoms with E-state index in [1.165, 1.54) is 0 Å². The molecule has 2 rings (SSSR count). The molecule has 1 saturated heterocycles. The van der Waals surface area contributed by atoms with Crippen LogP contribution in [0.1, 0.15) is 16.8 Å². The van der Waals surface area contributed by atoms with Crippen molar-refractivity contribution in [1.82, 2.24) is 5.32 Å². The van der Waals surface area contributed by atoms with Crippen LogP contribution in [0.3, 0.4) is 0 Å². The van der Waals surface area contributed by atoms with Gasteiger partial charge in [-0.3, -0.25) is 4.79 Å². The van der Waals surface area contributed by atoms with Crippen molar-refractivity contribution in [2.24, 2.45) is 5.73 Å². The lowest BCUT2D eigenvalue weighted by atomic mass is 10.1. The van der Waals surface area contributed by atoms with E-state index in [1.54, 1.807) is 0 Å². The minimum absolute atomic E-state index is 0.0398. The van der Waals surface area contributed by atoms with E-state index in [4.69, 9.17) is 10.5 Å². The molecule has 5 heteroatoms. The number of morpholine rings is 1. The van der Waals surface area contributed by atoms with Gasteiger partial charge in [-0.1, -0.05) is 0 Å². The summed E-state index contributed by atoms with van der Waals surface area (Å²) in [6.45, 7) is 4.56. The van der Waals surface area contributed by atoms with Gasteiger partial charge in [-0.25, -0.2) is 0 Å². The third-order valence-electron chi connectivity index (χ3n) is 3.17. The number of anilines is 1. The number of nitrogens with two attached hydrogens (primary N) is 1. The van der Waals surface area contributed by atoms with Crippen LogP contribution in [0.15, 0.2) is 24.3 Å². The van der Waals surface area contributed by atoms with Crippen LogP contribution < -0.4 is 16.0 Å². The number of benzene rings is 1. The van der Waals surface area contributed by atoms with Crippen molar-refractivity contribution in [2.45, 2.75) is 6.42 Å². The summed E-state index contributed by atoms with van der Waals surface area (Å²) in [5.74, 6) is -0.0398. The Labute approximate surface area is 113 Å². The number of hydrogen-bond acceptors (Lipinski definition) is 4. The van der Waals surface area contributed by atoms with Gasteiger partial charge in [0.25, 0.3) is 5.91 Å². The van der Waals surface area contributed by atoms with E-state index in [1.807, 2.05) is 24.3 Å². The Hall–Kier alpha value is -1.59. The summed E-state index contributed by atoms with van der Waals surface area (Å²) in [5, 5.41) is 2.85. The molecule has 0 spiro atoms. The van der Waals surface area contributed by atoms with Crippen LogP contribution in [0, 0.1) is 0 Å². The molecule has 1 aromatic carbocycles. The zero-order valence-corrected chi connectivity index (χ0v) is 11.1. The standard InChI is InChI=1S/C14H21N3O2/c15-6-1-7-16-14(18)12-2-4-13(5-3-12)17-8-10-19-11-9-17/h2-5H,1,6-11,15H2,(H,16,18). The van der Waals surface area contributed by atoms with Gasteiger partial charge in [0.05, 0.1) is 13.2 Å². The third-order valence-corrected chi connectivity index (χ3v) is 3.17. The van der Waals surface area contributed by atoms with Gasteiger partial charge in [0, 0.05) is 30.9 Å². The topological polar surface area (TPSA) is 67.6 Å². The summed E-state index contributed by atoms with van der Waals surface area (Å²) in [4.78, 5) is 14.1. The molecule has 0 unspecified atom stereocenters. The van der Waals surface area contributed by atoms with Gasteiger partial charge >= 0.3 is 0 Å². The maximum Gasteiger partial charge on any atom is 0.251 e. The van der Waals surface area contributed by atoms with Crippen LogP contribution in [-0.4, -0.2) is 45.3 Å². The average molecular weight is 263 g/mol. The third kappa shape index (κ3) is 3.94.